The van der Waals surface area contributed by atoms with Crippen molar-refractivity contribution in [2.75, 3.05) is 59.0 Å². The number of carbonyl (C=O) groups is 1. The molecular formula is C48H57ClFN3O7S. The molecule has 1 spiro atoms. The van der Waals surface area contributed by atoms with Crippen molar-refractivity contribution < 1.29 is 36.6 Å². The Kier molecular flexibility index (Phi) is 14.0. The summed E-state index contributed by atoms with van der Waals surface area (Å²) in [5, 5.41) is -0.0615. The molecule has 3 aliphatic rings. The van der Waals surface area contributed by atoms with Crippen LogP contribution in [0.25, 0.3) is 0 Å². The molecule has 4 aromatic carbocycles. The number of rotatable bonds is 16. The monoisotopic (exact) mass is 873 g/mol. The van der Waals surface area contributed by atoms with E-state index in [0.29, 0.717) is 42.5 Å². The number of anilines is 1. The predicted molar refractivity (Wildman–Crippen MR) is 238 cm³/mol. The number of esters is 1. The topological polar surface area (TPSA) is 97.9 Å². The van der Waals surface area contributed by atoms with Crippen molar-refractivity contribution in [2.45, 2.75) is 75.7 Å². The van der Waals surface area contributed by atoms with E-state index in [2.05, 4.69) is 21.9 Å². The lowest BCUT2D eigenvalue weighted by atomic mass is 9.70. The minimum atomic E-state index is -3.83. The quantitative estimate of drug-likeness (QED) is 0.102. The summed E-state index contributed by atoms with van der Waals surface area (Å²) in [5.74, 6) is 1.02. The Balaban J connectivity index is 1.05. The highest BCUT2D eigenvalue weighted by atomic mass is 35.5. The average molecular weight is 875 g/mol. The first-order valence-electron chi connectivity index (χ1n) is 21.0. The van der Waals surface area contributed by atoms with Gasteiger partial charge in [-0.3, -0.25) is 4.90 Å². The Morgan fingerprint density at radius 2 is 1.64 bits per heavy atom. The van der Waals surface area contributed by atoms with E-state index in [4.69, 9.17) is 30.5 Å². The summed E-state index contributed by atoms with van der Waals surface area (Å²) in [7, 11) is 0.729. The number of nitrogens with zero attached hydrogens (tertiary/aromatic N) is 3. The highest BCUT2D eigenvalue weighted by molar-refractivity contribution is 7.89. The number of fused-ring (bicyclic) bond motifs is 3. The zero-order valence-electron chi connectivity index (χ0n) is 35.7. The molecule has 0 radical (unpaired) electrons. The Morgan fingerprint density at radius 1 is 0.967 bits per heavy atom. The van der Waals surface area contributed by atoms with Crippen molar-refractivity contribution in [3.05, 3.63) is 130 Å². The van der Waals surface area contributed by atoms with E-state index in [1.807, 2.05) is 73.7 Å². The zero-order chi connectivity index (χ0) is 43.3. The maximum atomic E-state index is 15.9. The van der Waals surface area contributed by atoms with Crippen LogP contribution in [0.1, 0.15) is 72.1 Å². The van der Waals surface area contributed by atoms with Gasteiger partial charge in [0.05, 0.1) is 51.0 Å². The van der Waals surface area contributed by atoms with Crippen LogP contribution in [0, 0.1) is 5.92 Å². The second-order valence-corrected chi connectivity index (χ2v) is 19.5. The Hall–Kier alpha value is -4.62. The standard InChI is InChI=1S/C48H57ClFN3O7S/c1-33(34(2)61(55,56)53(27-35-9-16-42(57-3)17-10-35)28-36-11-18-43(58-4)19-12-36)8-15-40(50)29-51-24-22-41(51)30-52-31-48(23-6-7-37-25-39(49)14-20-44(37)48)32-60-46-21-13-38(26-45(46)52)47(54)59-5/h9-21,25-26,33-34,41H,6-8,22-24,27-32H2,1-5H3/t33-,34+,41-,48-/m0/s1. The number of benzene rings is 4. The molecule has 7 rings (SSSR count). The Labute approximate surface area is 365 Å². The van der Waals surface area contributed by atoms with Crippen molar-refractivity contribution >= 4 is 33.3 Å². The molecule has 0 unspecified atom stereocenters. The second kappa shape index (κ2) is 19.2. The number of aryl methyl sites for hydroxylation is 1. The van der Waals surface area contributed by atoms with E-state index in [1.165, 1.54) is 22.5 Å². The zero-order valence-corrected chi connectivity index (χ0v) is 37.3. The van der Waals surface area contributed by atoms with E-state index in [9.17, 15) is 13.2 Å². The number of carbonyl (C=O) groups excluding carboxylic acids is 1. The maximum Gasteiger partial charge on any atom is 0.337 e. The molecule has 1 saturated heterocycles. The summed E-state index contributed by atoms with van der Waals surface area (Å²) in [6, 6.07) is 26.4. The predicted octanol–water partition coefficient (Wildman–Crippen LogP) is 8.99. The fourth-order valence-corrected chi connectivity index (χ4v) is 10.9. The van der Waals surface area contributed by atoms with Crippen molar-refractivity contribution in [1.82, 2.24) is 9.21 Å². The first-order valence-corrected chi connectivity index (χ1v) is 22.9. The van der Waals surface area contributed by atoms with Gasteiger partial charge in [0.25, 0.3) is 0 Å². The average Bonchev–Trinajstić information content (AvgIpc) is 3.42. The van der Waals surface area contributed by atoms with Gasteiger partial charge in [-0.05, 0) is 122 Å². The highest BCUT2D eigenvalue weighted by Gasteiger charge is 2.43. The molecular weight excluding hydrogens is 817 g/mol. The van der Waals surface area contributed by atoms with Gasteiger partial charge in [0.2, 0.25) is 10.0 Å². The molecule has 10 nitrogen and oxygen atoms in total. The van der Waals surface area contributed by atoms with Gasteiger partial charge in [0, 0.05) is 49.2 Å². The normalized spacial score (nSPS) is 20.2. The summed E-state index contributed by atoms with van der Waals surface area (Å²) in [6.07, 6.45) is 5.60. The third-order valence-corrected chi connectivity index (χ3v) is 15.5. The summed E-state index contributed by atoms with van der Waals surface area (Å²) >= 11 is 6.45. The van der Waals surface area contributed by atoms with Gasteiger partial charge in [-0.25, -0.2) is 17.6 Å². The first-order chi connectivity index (χ1) is 29.3. The molecule has 2 heterocycles. The Bertz CT molecular complexity index is 2260. The number of allylic oxidation sites excluding steroid dienone is 1. The number of methoxy groups -OCH3 is 3. The number of likely N-dealkylation sites (tertiary alicyclic amines) is 1. The number of sulfonamides is 1. The molecule has 0 bridgehead atoms. The van der Waals surface area contributed by atoms with E-state index < -0.39 is 21.2 Å². The lowest BCUT2D eigenvalue weighted by Gasteiger charge is -2.46. The molecule has 326 valence electrons. The number of halogens is 2. The third-order valence-electron chi connectivity index (χ3n) is 12.9. The molecule has 0 aromatic heterocycles. The van der Waals surface area contributed by atoms with Gasteiger partial charge < -0.3 is 23.8 Å². The largest absolute Gasteiger partial charge is 0.497 e. The summed E-state index contributed by atoms with van der Waals surface area (Å²) < 4.78 is 68.3. The molecule has 4 aromatic rings. The van der Waals surface area contributed by atoms with E-state index in [-0.39, 0.29) is 49.3 Å². The van der Waals surface area contributed by atoms with Crippen LogP contribution < -0.4 is 19.1 Å². The minimum Gasteiger partial charge on any atom is -0.497 e. The molecule has 0 saturated carbocycles. The summed E-state index contributed by atoms with van der Waals surface area (Å²) in [4.78, 5) is 17.1. The lowest BCUT2D eigenvalue weighted by Crippen LogP contribution is -2.56. The molecule has 1 fully saturated rings. The van der Waals surface area contributed by atoms with Crippen LogP contribution in [0.2, 0.25) is 5.02 Å². The fourth-order valence-electron chi connectivity index (χ4n) is 8.92. The van der Waals surface area contributed by atoms with Gasteiger partial charge in [-0.1, -0.05) is 54.9 Å². The molecule has 13 heteroatoms. The van der Waals surface area contributed by atoms with Gasteiger partial charge >= 0.3 is 5.97 Å². The van der Waals surface area contributed by atoms with Crippen molar-refractivity contribution in [2.24, 2.45) is 5.92 Å². The number of hydrogen-bond donors (Lipinski definition) is 0. The smallest absolute Gasteiger partial charge is 0.337 e. The van der Waals surface area contributed by atoms with Crippen molar-refractivity contribution in [3.8, 4) is 17.2 Å². The van der Waals surface area contributed by atoms with Crippen molar-refractivity contribution in [1.29, 1.82) is 0 Å². The minimum absolute atomic E-state index is 0.0541. The molecule has 61 heavy (non-hydrogen) atoms. The van der Waals surface area contributed by atoms with Gasteiger partial charge in [-0.15, -0.1) is 0 Å². The number of ether oxygens (including phenoxy) is 4. The molecule has 0 amide bonds. The number of hydrogen-bond acceptors (Lipinski definition) is 9. The SMILES string of the molecule is COC(=O)c1ccc2c(c1)N(C[C@@H]1CCN1CC(F)=CC[C@H](C)[C@@H](C)S(=O)(=O)N(Cc1ccc(OC)cc1)Cc1ccc(OC)cc1)C[C@@]1(CCCc3cc(Cl)ccc31)CO2. The van der Waals surface area contributed by atoms with E-state index >= 15 is 4.39 Å². The van der Waals surface area contributed by atoms with Gasteiger partial charge in [0.15, 0.2) is 0 Å². The van der Waals surface area contributed by atoms with Crippen molar-refractivity contribution in [3.63, 3.8) is 0 Å². The third kappa shape index (κ3) is 10.0. The molecule has 0 N–H and O–H groups in total. The molecule has 4 atom stereocenters. The molecule has 1 aliphatic carbocycles. The van der Waals surface area contributed by atoms with Gasteiger partial charge in [-0.2, -0.15) is 4.31 Å². The second-order valence-electron chi connectivity index (χ2n) is 16.8. The fraction of sp³-hybridized carbons (Fsp3) is 0.438. The van der Waals surface area contributed by atoms with Crippen LogP contribution in [0.5, 0.6) is 17.2 Å². The first kappa shape index (κ1) is 44.4. The van der Waals surface area contributed by atoms with Crippen LogP contribution in [-0.4, -0.2) is 89.0 Å². The van der Waals surface area contributed by atoms with Crippen LogP contribution >= 0.6 is 11.6 Å². The summed E-state index contributed by atoms with van der Waals surface area (Å²) in [5.41, 5.74) is 5.10. The lowest BCUT2D eigenvalue weighted by molar-refractivity contribution is 0.0600. The maximum absolute atomic E-state index is 15.9. The Morgan fingerprint density at radius 3 is 2.25 bits per heavy atom. The van der Waals surface area contributed by atoms with Crippen LogP contribution in [0.3, 0.4) is 0 Å². The molecule has 2 aliphatic heterocycles. The van der Waals surface area contributed by atoms with Crippen LogP contribution in [0.15, 0.2) is 96.8 Å². The van der Waals surface area contributed by atoms with E-state index in [1.54, 1.807) is 33.3 Å². The summed E-state index contributed by atoms with van der Waals surface area (Å²) in [6.45, 7) is 6.57. The van der Waals surface area contributed by atoms with Crippen LogP contribution in [0.4, 0.5) is 10.1 Å². The van der Waals surface area contributed by atoms with Crippen LogP contribution in [-0.2, 0) is 39.7 Å². The van der Waals surface area contributed by atoms with E-state index in [0.717, 1.165) is 54.1 Å². The highest BCUT2D eigenvalue weighted by Crippen LogP contribution is 2.45. The van der Waals surface area contributed by atoms with Gasteiger partial charge in [0.1, 0.15) is 23.1 Å².